The second kappa shape index (κ2) is 6.95. The predicted octanol–water partition coefficient (Wildman–Crippen LogP) is 1.99. The van der Waals surface area contributed by atoms with E-state index in [4.69, 9.17) is 4.74 Å². The Labute approximate surface area is 125 Å². The van der Waals surface area contributed by atoms with Gasteiger partial charge in [0, 0.05) is 31.1 Å². The van der Waals surface area contributed by atoms with Gasteiger partial charge in [0.15, 0.2) is 0 Å². The second-order valence-corrected chi connectivity index (χ2v) is 5.43. The minimum atomic E-state index is 0. The molecule has 110 valence electrons. The van der Waals surface area contributed by atoms with Crippen LogP contribution in [0.2, 0.25) is 0 Å². The topological polar surface area (TPSA) is 50.4 Å². The van der Waals surface area contributed by atoms with E-state index >= 15 is 0 Å². The quantitative estimate of drug-likeness (QED) is 0.874. The zero-order valence-electron chi connectivity index (χ0n) is 11.4. The maximum absolute atomic E-state index is 11.9. The summed E-state index contributed by atoms with van der Waals surface area (Å²) >= 11 is 0. The molecule has 1 aromatic rings. The molecule has 0 unspecified atom stereocenters. The smallest absolute Gasteiger partial charge is 0.251 e. The first-order valence-corrected chi connectivity index (χ1v) is 7.07. The Morgan fingerprint density at radius 2 is 1.95 bits per heavy atom. The number of nitrogens with one attached hydrogen (secondary N) is 2. The Bertz CT molecular complexity index is 442. The maximum Gasteiger partial charge on any atom is 0.251 e. The van der Waals surface area contributed by atoms with Crippen molar-refractivity contribution in [3.63, 3.8) is 0 Å². The van der Waals surface area contributed by atoms with Crippen LogP contribution in [0.1, 0.15) is 29.6 Å². The van der Waals surface area contributed by atoms with Crippen LogP contribution in [0.25, 0.3) is 0 Å². The van der Waals surface area contributed by atoms with Crippen molar-refractivity contribution in [1.82, 2.24) is 10.6 Å². The predicted molar refractivity (Wildman–Crippen MR) is 80.6 cm³/mol. The molecule has 1 heterocycles. The lowest BCUT2D eigenvalue weighted by molar-refractivity contribution is 0.0942. The molecule has 1 aliphatic carbocycles. The van der Waals surface area contributed by atoms with Crippen molar-refractivity contribution in [2.45, 2.75) is 25.4 Å². The average Bonchev–Trinajstić information content (AvgIpc) is 2.32. The monoisotopic (exact) mass is 296 g/mol. The van der Waals surface area contributed by atoms with E-state index in [9.17, 15) is 4.79 Å². The second-order valence-electron chi connectivity index (χ2n) is 5.43. The van der Waals surface area contributed by atoms with Crippen molar-refractivity contribution in [3.05, 3.63) is 29.8 Å². The number of rotatable bonds is 5. The van der Waals surface area contributed by atoms with Crippen molar-refractivity contribution in [1.29, 1.82) is 0 Å². The van der Waals surface area contributed by atoms with Gasteiger partial charge in [-0.2, -0.15) is 0 Å². The van der Waals surface area contributed by atoms with Gasteiger partial charge in [0.1, 0.15) is 5.75 Å². The standard InChI is InChI=1S/C15H20N2O2.ClH/c18-15(17-10-11-8-16-9-11)12-4-6-14(7-5-12)19-13-2-1-3-13;/h4-7,11,13,16H,1-3,8-10H2,(H,17,18);1H. The molecule has 0 spiro atoms. The highest BCUT2D eigenvalue weighted by molar-refractivity contribution is 5.94. The SMILES string of the molecule is Cl.O=C(NCC1CNC1)c1ccc(OC2CCC2)cc1. The molecule has 20 heavy (non-hydrogen) atoms. The summed E-state index contributed by atoms with van der Waals surface area (Å²) in [5.41, 5.74) is 0.702. The normalized spacial score (nSPS) is 18.4. The van der Waals surface area contributed by atoms with E-state index in [1.807, 2.05) is 24.3 Å². The van der Waals surface area contributed by atoms with E-state index in [2.05, 4.69) is 10.6 Å². The maximum atomic E-state index is 11.9. The number of hydrogen-bond acceptors (Lipinski definition) is 3. The van der Waals surface area contributed by atoms with Crippen LogP contribution in [0.4, 0.5) is 0 Å². The number of carbonyl (C=O) groups excluding carboxylic acids is 1. The summed E-state index contributed by atoms with van der Waals surface area (Å²) in [6.07, 6.45) is 3.95. The molecule has 1 aliphatic heterocycles. The van der Waals surface area contributed by atoms with Gasteiger partial charge in [-0.25, -0.2) is 0 Å². The summed E-state index contributed by atoms with van der Waals surface area (Å²) in [7, 11) is 0. The van der Waals surface area contributed by atoms with Gasteiger partial charge in [-0.05, 0) is 43.5 Å². The van der Waals surface area contributed by atoms with E-state index in [1.54, 1.807) is 0 Å². The van der Waals surface area contributed by atoms with Crippen LogP contribution in [0.15, 0.2) is 24.3 Å². The summed E-state index contributed by atoms with van der Waals surface area (Å²) < 4.78 is 5.77. The van der Waals surface area contributed by atoms with Crippen LogP contribution in [0.5, 0.6) is 5.75 Å². The number of ether oxygens (including phenoxy) is 1. The number of halogens is 1. The molecule has 5 heteroatoms. The molecule has 1 saturated heterocycles. The lowest BCUT2D eigenvalue weighted by Gasteiger charge is -2.27. The Hall–Kier alpha value is -1.26. The summed E-state index contributed by atoms with van der Waals surface area (Å²) in [5.74, 6) is 1.46. The fourth-order valence-corrected chi connectivity index (χ4v) is 2.20. The molecule has 0 atom stereocenters. The van der Waals surface area contributed by atoms with Crippen LogP contribution in [-0.2, 0) is 0 Å². The van der Waals surface area contributed by atoms with Gasteiger partial charge in [0.05, 0.1) is 6.10 Å². The molecule has 4 nitrogen and oxygen atoms in total. The third-order valence-electron chi connectivity index (χ3n) is 3.89. The highest BCUT2D eigenvalue weighted by Crippen LogP contribution is 2.25. The van der Waals surface area contributed by atoms with Gasteiger partial charge in [0.25, 0.3) is 5.91 Å². The van der Waals surface area contributed by atoms with E-state index in [1.165, 1.54) is 6.42 Å². The molecule has 2 fully saturated rings. The van der Waals surface area contributed by atoms with Crippen LogP contribution in [0, 0.1) is 5.92 Å². The van der Waals surface area contributed by atoms with Gasteiger partial charge in [-0.3, -0.25) is 4.79 Å². The highest BCUT2D eigenvalue weighted by Gasteiger charge is 2.19. The Morgan fingerprint density at radius 3 is 2.45 bits per heavy atom. The lowest BCUT2D eigenvalue weighted by atomic mass is 9.96. The third kappa shape index (κ3) is 3.64. The first kappa shape index (κ1) is 15.1. The molecule has 2 N–H and O–H groups in total. The largest absolute Gasteiger partial charge is 0.490 e. The van der Waals surface area contributed by atoms with Crippen molar-refractivity contribution < 1.29 is 9.53 Å². The summed E-state index contributed by atoms with van der Waals surface area (Å²) in [4.78, 5) is 11.9. The molecule has 1 amide bonds. The minimum absolute atomic E-state index is 0. The molecule has 3 rings (SSSR count). The first-order chi connectivity index (χ1) is 9.31. The third-order valence-corrected chi connectivity index (χ3v) is 3.89. The van der Waals surface area contributed by atoms with Gasteiger partial charge >= 0.3 is 0 Å². The van der Waals surface area contributed by atoms with E-state index in [0.29, 0.717) is 17.6 Å². The van der Waals surface area contributed by atoms with Crippen LogP contribution >= 0.6 is 12.4 Å². The fraction of sp³-hybridized carbons (Fsp3) is 0.533. The summed E-state index contributed by atoms with van der Waals surface area (Å²) in [6, 6.07) is 7.45. The molecule has 2 aliphatic rings. The zero-order chi connectivity index (χ0) is 13.1. The van der Waals surface area contributed by atoms with Gasteiger partial charge < -0.3 is 15.4 Å². The van der Waals surface area contributed by atoms with E-state index in [-0.39, 0.29) is 18.3 Å². The summed E-state index contributed by atoms with van der Waals surface area (Å²) in [6.45, 7) is 2.77. The minimum Gasteiger partial charge on any atom is -0.490 e. The van der Waals surface area contributed by atoms with Crippen LogP contribution < -0.4 is 15.4 Å². The molecular weight excluding hydrogens is 276 g/mol. The Kier molecular flexibility index (Phi) is 5.26. The van der Waals surface area contributed by atoms with Crippen LogP contribution in [-0.4, -0.2) is 31.6 Å². The first-order valence-electron chi connectivity index (χ1n) is 7.07. The molecule has 0 radical (unpaired) electrons. The van der Waals surface area contributed by atoms with Gasteiger partial charge in [-0.15, -0.1) is 12.4 Å². The highest BCUT2D eigenvalue weighted by atomic mass is 35.5. The van der Waals surface area contributed by atoms with Crippen molar-refractivity contribution in [2.24, 2.45) is 5.92 Å². The summed E-state index contributed by atoms with van der Waals surface area (Å²) in [5, 5.41) is 6.16. The van der Waals surface area contributed by atoms with E-state index < -0.39 is 0 Å². The lowest BCUT2D eigenvalue weighted by Crippen LogP contribution is -2.48. The average molecular weight is 297 g/mol. The number of benzene rings is 1. The van der Waals surface area contributed by atoms with Gasteiger partial charge in [-0.1, -0.05) is 0 Å². The van der Waals surface area contributed by atoms with Crippen LogP contribution in [0.3, 0.4) is 0 Å². The zero-order valence-corrected chi connectivity index (χ0v) is 12.2. The van der Waals surface area contributed by atoms with Gasteiger partial charge in [0.2, 0.25) is 0 Å². The molecule has 1 saturated carbocycles. The van der Waals surface area contributed by atoms with E-state index in [0.717, 1.165) is 38.2 Å². The molecule has 0 aromatic heterocycles. The number of amides is 1. The molecule has 1 aromatic carbocycles. The van der Waals surface area contributed by atoms with Crippen molar-refractivity contribution in [2.75, 3.05) is 19.6 Å². The number of hydrogen-bond donors (Lipinski definition) is 2. The molecular formula is C15H21ClN2O2. The number of carbonyl (C=O) groups is 1. The fourth-order valence-electron chi connectivity index (χ4n) is 2.20. The van der Waals surface area contributed by atoms with Crippen molar-refractivity contribution in [3.8, 4) is 5.75 Å². The van der Waals surface area contributed by atoms with Crippen molar-refractivity contribution >= 4 is 18.3 Å². The Morgan fingerprint density at radius 1 is 1.25 bits per heavy atom. The molecule has 0 bridgehead atoms. The Balaban J connectivity index is 0.00000147.